The van der Waals surface area contributed by atoms with E-state index < -0.39 is 0 Å². The summed E-state index contributed by atoms with van der Waals surface area (Å²) in [5.74, 6) is -0.174. The lowest BCUT2D eigenvalue weighted by Crippen LogP contribution is -2.20. The van der Waals surface area contributed by atoms with Crippen molar-refractivity contribution in [3.63, 3.8) is 0 Å². The monoisotopic (exact) mass is 352 g/mol. The molecule has 1 unspecified atom stereocenters. The maximum absolute atomic E-state index is 11.6. The maximum Gasteiger partial charge on any atom is 0.306 e. The van der Waals surface area contributed by atoms with Gasteiger partial charge in [-0.2, -0.15) is 0 Å². The van der Waals surface area contributed by atoms with Gasteiger partial charge in [0.2, 0.25) is 0 Å². The second-order valence-corrected chi connectivity index (χ2v) is 6.68. The summed E-state index contributed by atoms with van der Waals surface area (Å²) in [5.41, 5.74) is 0. The minimum atomic E-state index is -0.328. The topological polar surface area (TPSA) is 46.5 Å². The van der Waals surface area contributed by atoms with Crippen molar-refractivity contribution >= 4 is 5.97 Å². The average molecular weight is 353 g/mol. The Morgan fingerprint density at radius 2 is 1.48 bits per heavy atom. The fourth-order valence-corrected chi connectivity index (χ4v) is 2.58. The molecule has 3 heteroatoms. The van der Waals surface area contributed by atoms with E-state index in [2.05, 4.69) is 31.2 Å². The molecule has 0 aromatic rings. The second-order valence-electron chi connectivity index (χ2n) is 6.68. The minimum Gasteiger partial charge on any atom is -0.460 e. The standard InChI is InChI=1S/C22H40O3/c1-3-5-6-7-8-9-10-11-12-13-14-15-16-17-18-19-22(24)25-21(4-2)20-23/h8-9,11-12,21,23H,3-7,10,13-20H2,1-2H3/b9-8-,12-11-. The molecule has 0 aliphatic rings. The predicted octanol–water partition coefficient (Wildman–Crippen LogP) is 6.11. The molecule has 0 bridgehead atoms. The Morgan fingerprint density at radius 1 is 0.880 bits per heavy atom. The first-order valence-corrected chi connectivity index (χ1v) is 10.3. The summed E-state index contributed by atoms with van der Waals surface area (Å²) in [6.45, 7) is 4.07. The lowest BCUT2D eigenvalue weighted by atomic mass is 10.1. The number of aliphatic hydroxyl groups excluding tert-OH is 1. The van der Waals surface area contributed by atoms with Crippen LogP contribution in [0.3, 0.4) is 0 Å². The third kappa shape index (κ3) is 17.5. The van der Waals surface area contributed by atoms with E-state index in [1.807, 2.05) is 6.92 Å². The molecule has 0 aromatic carbocycles. The molecule has 0 spiro atoms. The fourth-order valence-electron chi connectivity index (χ4n) is 2.58. The third-order valence-electron chi connectivity index (χ3n) is 4.29. The van der Waals surface area contributed by atoms with E-state index in [1.54, 1.807) is 0 Å². The van der Waals surface area contributed by atoms with Gasteiger partial charge in [-0.1, -0.05) is 70.3 Å². The highest BCUT2D eigenvalue weighted by atomic mass is 16.5. The summed E-state index contributed by atoms with van der Waals surface area (Å²) in [6.07, 6.45) is 22.9. The zero-order valence-corrected chi connectivity index (χ0v) is 16.5. The largest absolute Gasteiger partial charge is 0.460 e. The fraction of sp³-hybridized carbons (Fsp3) is 0.773. The second kappa shape index (κ2) is 19.2. The van der Waals surface area contributed by atoms with Gasteiger partial charge >= 0.3 is 5.97 Å². The number of rotatable bonds is 17. The normalized spacial score (nSPS) is 12.9. The first-order chi connectivity index (χ1) is 12.2. The van der Waals surface area contributed by atoms with Crippen molar-refractivity contribution in [3.05, 3.63) is 24.3 Å². The first-order valence-electron chi connectivity index (χ1n) is 10.3. The van der Waals surface area contributed by atoms with Gasteiger partial charge < -0.3 is 9.84 Å². The third-order valence-corrected chi connectivity index (χ3v) is 4.29. The van der Waals surface area contributed by atoms with Crippen LogP contribution >= 0.6 is 0 Å². The van der Waals surface area contributed by atoms with E-state index in [4.69, 9.17) is 9.84 Å². The molecular formula is C22H40O3. The van der Waals surface area contributed by atoms with Crippen molar-refractivity contribution in [3.8, 4) is 0 Å². The molecule has 0 aliphatic carbocycles. The number of aliphatic hydroxyl groups is 1. The molecule has 0 saturated heterocycles. The van der Waals surface area contributed by atoms with Gasteiger partial charge in [-0.15, -0.1) is 0 Å². The number of ether oxygens (including phenoxy) is 1. The van der Waals surface area contributed by atoms with Crippen LogP contribution in [0.15, 0.2) is 24.3 Å². The van der Waals surface area contributed by atoms with Gasteiger partial charge in [0.05, 0.1) is 6.61 Å². The number of esters is 1. The molecule has 0 radical (unpaired) electrons. The van der Waals surface area contributed by atoms with Crippen LogP contribution in [-0.4, -0.2) is 23.8 Å². The number of carbonyl (C=O) groups is 1. The zero-order valence-electron chi connectivity index (χ0n) is 16.5. The molecule has 0 amide bonds. The Hall–Kier alpha value is -1.09. The van der Waals surface area contributed by atoms with E-state index in [-0.39, 0.29) is 18.7 Å². The Bertz CT molecular complexity index is 343. The molecule has 1 N–H and O–H groups in total. The highest BCUT2D eigenvalue weighted by molar-refractivity contribution is 5.69. The maximum atomic E-state index is 11.6. The van der Waals surface area contributed by atoms with Gasteiger partial charge in [0.1, 0.15) is 6.10 Å². The van der Waals surface area contributed by atoms with Crippen LogP contribution in [0.1, 0.15) is 97.3 Å². The van der Waals surface area contributed by atoms with Crippen LogP contribution in [0.4, 0.5) is 0 Å². The van der Waals surface area contributed by atoms with Gasteiger partial charge in [0, 0.05) is 6.42 Å². The molecule has 25 heavy (non-hydrogen) atoms. The molecule has 0 rings (SSSR count). The van der Waals surface area contributed by atoms with Gasteiger partial charge in [-0.05, 0) is 44.9 Å². The number of unbranched alkanes of at least 4 members (excludes halogenated alkanes) is 8. The van der Waals surface area contributed by atoms with Crippen LogP contribution in [-0.2, 0) is 9.53 Å². The summed E-state index contributed by atoms with van der Waals surface area (Å²) in [4.78, 5) is 11.6. The van der Waals surface area contributed by atoms with Gasteiger partial charge in [-0.25, -0.2) is 0 Å². The summed E-state index contributed by atoms with van der Waals surface area (Å²) in [7, 11) is 0. The lowest BCUT2D eigenvalue weighted by Gasteiger charge is -2.12. The average Bonchev–Trinajstić information content (AvgIpc) is 2.62. The van der Waals surface area contributed by atoms with Gasteiger partial charge in [-0.3, -0.25) is 4.79 Å². The molecule has 0 aromatic heterocycles. The van der Waals surface area contributed by atoms with Crippen LogP contribution in [0.2, 0.25) is 0 Å². The molecule has 0 fully saturated rings. The highest BCUT2D eigenvalue weighted by Crippen LogP contribution is 2.09. The molecule has 1 atom stereocenters. The summed E-state index contributed by atoms with van der Waals surface area (Å²) in [5, 5.41) is 8.99. The van der Waals surface area contributed by atoms with Crippen LogP contribution in [0.25, 0.3) is 0 Å². The molecule has 0 heterocycles. The minimum absolute atomic E-state index is 0.0790. The predicted molar refractivity (Wildman–Crippen MR) is 107 cm³/mol. The molecule has 0 aliphatic heterocycles. The smallest absolute Gasteiger partial charge is 0.306 e. The SMILES string of the molecule is CCCCC/C=C\C/C=C\CCCCCCCC(=O)OC(CC)CO. The highest BCUT2D eigenvalue weighted by Gasteiger charge is 2.10. The van der Waals surface area contributed by atoms with Crippen molar-refractivity contribution in [2.75, 3.05) is 6.61 Å². The van der Waals surface area contributed by atoms with Crippen molar-refractivity contribution in [1.29, 1.82) is 0 Å². The van der Waals surface area contributed by atoms with E-state index in [0.29, 0.717) is 12.8 Å². The Labute approximate surface area is 155 Å². The van der Waals surface area contributed by atoms with E-state index >= 15 is 0 Å². The molecular weight excluding hydrogens is 312 g/mol. The van der Waals surface area contributed by atoms with Crippen LogP contribution in [0, 0.1) is 0 Å². The van der Waals surface area contributed by atoms with E-state index in [9.17, 15) is 4.79 Å². The lowest BCUT2D eigenvalue weighted by molar-refractivity contribution is -0.151. The molecule has 3 nitrogen and oxygen atoms in total. The molecule has 146 valence electrons. The van der Waals surface area contributed by atoms with E-state index in [1.165, 1.54) is 44.9 Å². The molecule has 0 saturated carbocycles. The summed E-state index contributed by atoms with van der Waals surface area (Å²) >= 11 is 0. The number of hydrogen-bond donors (Lipinski definition) is 1. The van der Waals surface area contributed by atoms with Crippen molar-refractivity contribution in [2.24, 2.45) is 0 Å². The Kier molecular flexibility index (Phi) is 18.4. The quantitative estimate of drug-likeness (QED) is 0.195. The Morgan fingerprint density at radius 3 is 2.08 bits per heavy atom. The van der Waals surface area contributed by atoms with Gasteiger partial charge in [0.15, 0.2) is 0 Å². The van der Waals surface area contributed by atoms with Crippen molar-refractivity contribution in [2.45, 2.75) is 103 Å². The zero-order chi connectivity index (χ0) is 18.6. The summed E-state index contributed by atoms with van der Waals surface area (Å²) in [6, 6.07) is 0. The number of carbonyl (C=O) groups excluding carboxylic acids is 1. The van der Waals surface area contributed by atoms with E-state index in [0.717, 1.165) is 25.7 Å². The van der Waals surface area contributed by atoms with Gasteiger partial charge in [0.25, 0.3) is 0 Å². The van der Waals surface area contributed by atoms with Crippen LogP contribution < -0.4 is 0 Å². The van der Waals surface area contributed by atoms with Crippen molar-refractivity contribution < 1.29 is 14.6 Å². The Balaban J connectivity index is 3.35. The van der Waals surface area contributed by atoms with Crippen LogP contribution in [0.5, 0.6) is 0 Å². The van der Waals surface area contributed by atoms with Crippen molar-refractivity contribution in [1.82, 2.24) is 0 Å². The number of hydrogen-bond acceptors (Lipinski definition) is 3. The summed E-state index contributed by atoms with van der Waals surface area (Å²) < 4.78 is 5.16. The first kappa shape index (κ1) is 23.9. The number of allylic oxidation sites excluding steroid dienone is 4.